The molecule has 0 aliphatic carbocycles. The molecule has 4 bridgehead atoms. The standard InChI is InChI=1S/C20H22N6O4/c1-22-12-16-18(21)20(28)25-4-5-29-6-7-30-17-9-13(2-3-24-17)14-8-15(11-23-10-14)19(27)26-16/h2-3,8-12,21-22H,4-7H2,1H3,(H,25,28)(H,26,27)/b16-12+,21-18?. The van der Waals surface area contributed by atoms with E-state index in [-0.39, 0.29) is 36.7 Å². The minimum absolute atomic E-state index is 0.0343. The van der Waals surface area contributed by atoms with Gasteiger partial charge in [0, 0.05) is 50.0 Å². The molecule has 0 spiro atoms. The van der Waals surface area contributed by atoms with Crippen molar-refractivity contribution >= 4 is 17.5 Å². The molecule has 10 heteroatoms. The SMILES string of the molecule is CN/C=C1/NC(=O)c2cncc(c2)-c2ccnc(c2)OCCOCCNC(=O)C1=N. The van der Waals surface area contributed by atoms with Crippen molar-refractivity contribution in [1.29, 1.82) is 5.41 Å². The van der Waals surface area contributed by atoms with Gasteiger partial charge in [0.2, 0.25) is 5.88 Å². The van der Waals surface area contributed by atoms with E-state index in [4.69, 9.17) is 14.9 Å². The van der Waals surface area contributed by atoms with Gasteiger partial charge in [0.25, 0.3) is 11.8 Å². The van der Waals surface area contributed by atoms with Crippen molar-refractivity contribution in [2.45, 2.75) is 0 Å². The van der Waals surface area contributed by atoms with Crippen LogP contribution in [0.15, 0.2) is 48.7 Å². The Kier molecular flexibility index (Phi) is 7.06. The number of rotatable bonds is 1. The van der Waals surface area contributed by atoms with Crippen LogP contribution in [0, 0.1) is 5.41 Å². The highest BCUT2D eigenvalue weighted by Crippen LogP contribution is 2.22. The molecule has 0 atom stereocenters. The van der Waals surface area contributed by atoms with Gasteiger partial charge in [0.15, 0.2) is 0 Å². The first-order valence-corrected chi connectivity index (χ1v) is 9.26. The van der Waals surface area contributed by atoms with E-state index in [1.54, 1.807) is 37.6 Å². The van der Waals surface area contributed by atoms with E-state index >= 15 is 0 Å². The predicted molar refractivity (Wildman–Crippen MR) is 109 cm³/mol. The van der Waals surface area contributed by atoms with Crippen LogP contribution in [-0.4, -0.2) is 60.9 Å². The van der Waals surface area contributed by atoms with Gasteiger partial charge < -0.3 is 25.4 Å². The van der Waals surface area contributed by atoms with Crippen LogP contribution in [0.25, 0.3) is 11.1 Å². The highest BCUT2D eigenvalue weighted by molar-refractivity contribution is 6.44. The summed E-state index contributed by atoms with van der Waals surface area (Å²) >= 11 is 0. The molecule has 0 aromatic carbocycles. The second-order valence-electron chi connectivity index (χ2n) is 6.24. The van der Waals surface area contributed by atoms with Gasteiger partial charge in [-0.25, -0.2) is 4.98 Å². The van der Waals surface area contributed by atoms with Gasteiger partial charge in [-0.3, -0.25) is 20.0 Å². The number of hydrogen-bond donors (Lipinski definition) is 4. The zero-order valence-electron chi connectivity index (χ0n) is 16.4. The Bertz CT molecular complexity index is 975. The Morgan fingerprint density at radius 2 is 1.93 bits per heavy atom. The van der Waals surface area contributed by atoms with Crippen molar-refractivity contribution in [2.75, 3.05) is 33.4 Å². The van der Waals surface area contributed by atoms with Crippen molar-refractivity contribution in [3.63, 3.8) is 0 Å². The number of aromatic nitrogens is 2. The van der Waals surface area contributed by atoms with Crippen LogP contribution in [-0.2, 0) is 9.53 Å². The number of carbonyl (C=O) groups excluding carboxylic acids is 2. The summed E-state index contributed by atoms with van der Waals surface area (Å²) in [5, 5.41) is 16.0. The fourth-order valence-electron chi connectivity index (χ4n) is 2.65. The van der Waals surface area contributed by atoms with Gasteiger partial charge in [0.05, 0.1) is 24.5 Å². The molecular formula is C20H22N6O4. The maximum absolute atomic E-state index is 12.7. The Morgan fingerprint density at radius 3 is 2.77 bits per heavy atom. The smallest absolute Gasteiger partial charge is 0.271 e. The van der Waals surface area contributed by atoms with E-state index in [1.165, 1.54) is 12.4 Å². The summed E-state index contributed by atoms with van der Waals surface area (Å²) in [6, 6.07) is 5.20. The number of carbonyl (C=O) groups is 2. The highest BCUT2D eigenvalue weighted by atomic mass is 16.5. The number of ether oxygens (including phenoxy) is 2. The molecule has 1 aliphatic rings. The molecule has 30 heavy (non-hydrogen) atoms. The minimum atomic E-state index is -0.635. The molecule has 0 fully saturated rings. The normalized spacial score (nSPS) is 17.2. The summed E-state index contributed by atoms with van der Waals surface area (Å²) < 4.78 is 11.0. The molecule has 2 aromatic heterocycles. The molecule has 0 radical (unpaired) electrons. The monoisotopic (exact) mass is 410 g/mol. The Labute approximate surface area is 173 Å². The van der Waals surface area contributed by atoms with Crippen LogP contribution >= 0.6 is 0 Å². The fourth-order valence-corrected chi connectivity index (χ4v) is 2.65. The Morgan fingerprint density at radius 1 is 1.10 bits per heavy atom. The largest absolute Gasteiger partial charge is 0.475 e. The molecule has 0 saturated carbocycles. The first kappa shape index (κ1) is 20.9. The average molecular weight is 410 g/mol. The van der Waals surface area contributed by atoms with E-state index in [1.807, 2.05) is 0 Å². The molecule has 10 nitrogen and oxygen atoms in total. The summed E-state index contributed by atoms with van der Waals surface area (Å²) in [6.07, 6.45) is 6.02. The van der Waals surface area contributed by atoms with Gasteiger partial charge in [-0.15, -0.1) is 0 Å². The van der Waals surface area contributed by atoms with Crippen LogP contribution in [0.3, 0.4) is 0 Å². The topological polar surface area (TPSA) is 138 Å². The summed E-state index contributed by atoms with van der Waals surface area (Å²) in [6.45, 7) is 1.07. The molecule has 1 aliphatic heterocycles. The van der Waals surface area contributed by atoms with E-state index in [2.05, 4.69) is 25.9 Å². The first-order chi connectivity index (χ1) is 14.6. The van der Waals surface area contributed by atoms with Crippen LogP contribution < -0.4 is 20.7 Å². The van der Waals surface area contributed by atoms with Crippen molar-refractivity contribution in [3.8, 4) is 17.0 Å². The summed E-state index contributed by atoms with van der Waals surface area (Å²) in [7, 11) is 1.61. The van der Waals surface area contributed by atoms with Crippen LogP contribution in [0.1, 0.15) is 10.4 Å². The maximum atomic E-state index is 12.7. The van der Waals surface area contributed by atoms with E-state index in [0.29, 0.717) is 18.1 Å². The minimum Gasteiger partial charge on any atom is -0.475 e. The lowest BCUT2D eigenvalue weighted by molar-refractivity contribution is -0.115. The summed E-state index contributed by atoms with van der Waals surface area (Å²) in [4.78, 5) is 33.3. The van der Waals surface area contributed by atoms with Gasteiger partial charge in [-0.05, 0) is 17.7 Å². The Hall–Kier alpha value is -3.79. The van der Waals surface area contributed by atoms with Crippen LogP contribution in [0.4, 0.5) is 0 Å². The number of fused-ring (bicyclic) bond motifs is 5. The van der Waals surface area contributed by atoms with E-state index < -0.39 is 11.8 Å². The molecule has 3 heterocycles. The number of pyridine rings is 2. The van der Waals surface area contributed by atoms with Crippen molar-refractivity contribution < 1.29 is 19.1 Å². The molecule has 3 rings (SSSR count). The van der Waals surface area contributed by atoms with Gasteiger partial charge in [0.1, 0.15) is 12.3 Å². The van der Waals surface area contributed by atoms with Gasteiger partial charge in [-0.2, -0.15) is 0 Å². The number of nitrogens with one attached hydrogen (secondary N) is 4. The molecule has 0 unspecified atom stereocenters. The third kappa shape index (κ3) is 5.39. The Balaban J connectivity index is 1.93. The predicted octanol–water partition coefficient (Wildman–Crippen LogP) is 0.479. The second-order valence-corrected chi connectivity index (χ2v) is 6.24. The average Bonchev–Trinajstić information content (AvgIpc) is 2.77. The quantitative estimate of drug-likeness (QED) is 0.536. The molecule has 0 saturated heterocycles. The summed E-state index contributed by atoms with van der Waals surface area (Å²) in [5.41, 5.74) is 1.40. The second kappa shape index (κ2) is 10.1. The lowest BCUT2D eigenvalue weighted by Gasteiger charge is -2.13. The van der Waals surface area contributed by atoms with Crippen LogP contribution in [0.2, 0.25) is 0 Å². The fraction of sp³-hybridized carbons (Fsp3) is 0.250. The van der Waals surface area contributed by atoms with Gasteiger partial charge >= 0.3 is 0 Å². The number of nitrogens with zero attached hydrogens (tertiary/aromatic N) is 2. The van der Waals surface area contributed by atoms with Crippen molar-refractivity contribution in [3.05, 3.63) is 54.3 Å². The molecular weight excluding hydrogens is 388 g/mol. The third-order valence-corrected chi connectivity index (χ3v) is 4.11. The van der Waals surface area contributed by atoms with Crippen LogP contribution in [0.5, 0.6) is 5.88 Å². The van der Waals surface area contributed by atoms with E-state index in [0.717, 1.165) is 5.56 Å². The first-order valence-electron chi connectivity index (χ1n) is 9.26. The molecule has 156 valence electrons. The zero-order valence-corrected chi connectivity index (χ0v) is 16.4. The highest BCUT2D eigenvalue weighted by Gasteiger charge is 2.18. The maximum Gasteiger partial charge on any atom is 0.271 e. The lowest BCUT2D eigenvalue weighted by Crippen LogP contribution is -2.39. The third-order valence-electron chi connectivity index (χ3n) is 4.11. The zero-order chi connectivity index (χ0) is 21.3. The molecule has 4 N–H and O–H groups in total. The lowest BCUT2D eigenvalue weighted by atomic mass is 10.1. The number of amides is 2. The van der Waals surface area contributed by atoms with Gasteiger partial charge in [-0.1, -0.05) is 0 Å². The van der Waals surface area contributed by atoms with Crippen molar-refractivity contribution in [2.24, 2.45) is 0 Å². The molecule has 2 aromatic rings. The summed E-state index contributed by atoms with van der Waals surface area (Å²) in [5.74, 6) is -0.713. The van der Waals surface area contributed by atoms with Crippen molar-refractivity contribution in [1.82, 2.24) is 25.9 Å². The number of hydrogen-bond acceptors (Lipinski definition) is 8. The molecule has 2 amide bonds. The van der Waals surface area contributed by atoms with E-state index in [9.17, 15) is 9.59 Å².